The predicted molar refractivity (Wildman–Crippen MR) is 61.0 cm³/mol. The highest BCUT2D eigenvalue weighted by atomic mass is 35.5. The molecule has 0 radical (unpaired) electrons. The monoisotopic (exact) mass is 245 g/mol. The molecule has 1 rings (SSSR count). The van der Waals surface area contributed by atoms with Crippen LogP contribution in [0.25, 0.3) is 0 Å². The molecule has 0 amide bonds. The normalized spacial score (nSPS) is 11.3. The smallest absolute Gasteiger partial charge is 0.340 e. The molecule has 0 atom stereocenters. The first kappa shape index (κ1) is 12.8. The van der Waals surface area contributed by atoms with Crippen molar-refractivity contribution in [1.82, 2.24) is 0 Å². The van der Waals surface area contributed by atoms with Gasteiger partial charge in [-0.05, 0) is 32.9 Å². The topological polar surface area (TPSA) is 52.3 Å². The van der Waals surface area contributed by atoms with Gasteiger partial charge in [-0.25, -0.2) is 9.18 Å². The highest BCUT2D eigenvalue weighted by Crippen LogP contribution is 2.26. The third-order valence-corrected chi connectivity index (χ3v) is 2.03. The summed E-state index contributed by atoms with van der Waals surface area (Å²) in [5.41, 5.74) is 4.88. The van der Waals surface area contributed by atoms with E-state index in [9.17, 15) is 9.18 Å². The number of nitrogens with two attached hydrogens (primary N) is 1. The summed E-state index contributed by atoms with van der Waals surface area (Å²) in [5.74, 6) is -1.31. The second kappa shape index (κ2) is 4.29. The van der Waals surface area contributed by atoms with Crippen LogP contribution in [0.2, 0.25) is 5.02 Å². The van der Waals surface area contributed by atoms with Crippen LogP contribution in [0.1, 0.15) is 31.1 Å². The summed E-state index contributed by atoms with van der Waals surface area (Å²) < 4.78 is 18.1. The minimum Gasteiger partial charge on any atom is -0.456 e. The van der Waals surface area contributed by atoms with E-state index in [4.69, 9.17) is 22.1 Å². The van der Waals surface area contributed by atoms with E-state index in [1.165, 1.54) is 0 Å². The van der Waals surface area contributed by atoms with Crippen molar-refractivity contribution >= 4 is 23.3 Å². The fourth-order valence-electron chi connectivity index (χ4n) is 1.09. The summed E-state index contributed by atoms with van der Waals surface area (Å²) in [4.78, 5) is 11.7. The molecule has 0 aromatic heterocycles. The first-order valence-electron chi connectivity index (χ1n) is 4.68. The molecule has 0 bridgehead atoms. The molecule has 0 unspecified atom stereocenters. The zero-order valence-electron chi connectivity index (χ0n) is 9.30. The lowest BCUT2D eigenvalue weighted by molar-refractivity contribution is 0.00703. The summed E-state index contributed by atoms with van der Waals surface area (Å²) in [6.45, 7) is 5.13. The van der Waals surface area contributed by atoms with Crippen LogP contribution < -0.4 is 5.73 Å². The van der Waals surface area contributed by atoms with E-state index in [-0.39, 0.29) is 16.3 Å². The quantitative estimate of drug-likeness (QED) is 0.611. The van der Waals surface area contributed by atoms with E-state index in [1.807, 2.05) is 0 Å². The van der Waals surface area contributed by atoms with Gasteiger partial charge >= 0.3 is 5.97 Å². The molecule has 16 heavy (non-hydrogen) atoms. The Balaban J connectivity index is 3.09. The van der Waals surface area contributed by atoms with Crippen LogP contribution in [0.3, 0.4) is 0 Å². The van der Waals surface area contributed by atoms with E-state index in [0.717, 1.165) is 12.1 Å². The fraction of sp³-hybridized carbons (Fsp3) is 0.364. The first-order valence-corrected chi connectivity index (χ1v) is 5.06. The Labute approximate surface area is 98.3 Å². The van der Waals surface area contributed by atoms with Crippen molar-refractivity contribution in [2.24, 2.45) is 0 Å². The lowest BCUT2D eigenvalue weighted by Gasteiger charge is -2.20. The molecule has 1 aromatic rings. The molecule has 0 aliphatic rings. The lowest BCUT2D eigenvalue weighted by Crippen LogP contribution is -2.24. The predicted octanol–water partition coefficient (Wildman–Crippen LogP) is 3.02. The summed E-state index contributed by atoms with van der Waals surface area (Å²) >= 11 is 5.66. The highest BCUT2D eigenvalue weighted by molar-refractivity contribution is 6.33. The number of anilines is 1. The Bertz CT molecular complexity index is 427. The van der Waals surface area contributed by atoms with Gasteiger partial charge in [-0.3, -0.25) is 0 Å². The van der Waals surface area contributed by atoms with Crippen LogP contribution in [0.4, 0.5) is 10.1 Å². The Morgan fingerprint density at radius 3 is 2.50 bits per heavy atom. The number of hydrogen-bond acceptors (Lipinski definition) is 3. The number of nitrogen functional groups attached to an aromatic ring is 1. The van der Waals surface area contributed by atoms with Crippen LogP contribution >= 0.6 is 11.6 Å². The van der Waals surface area contributed by atoms with Crippen LogP contribution in [-0.2, 0) is 4.74 Å². The average Bonchev–Trinajstić information content (AvgIpc) is 2.08. The van der Waals surface area contributed by atoms with Gasteiger partial charge in [0.05, 0.1) is 16.3 Å². The number of carbonyl (C=O) groups is 1. The zero-order chi connectivity index (χ0) is 12.5. The van der Waals surface area contributed by atoms with Crippen LogP contribution in [-0.4, -0.2) is 11.6 Å². The van der Waals surface area contributed by atoms with Gasteiger partial charge in [-0.2, -0.15) is 0 Å². The van der Waals surface area contributed by atoms with Crippen molar-refractivity contribution in [2.45, 2.75) is 26.4 Å². The van der Waals surface area contributed by atoms with Gasteiger partial charge in [-0.15, -0.1) is 0 Å². The molecular formula is C11H13ClFNO2. The molecule has 5 heteroatoms. The van der Waals surface area contributed by atoms with Crippen LogP contribution in [0.15, 0.2) is 12.1 Å². The number of benzene rings is 1. The standard InChI is InChI=1S/C11H13ClFNO2/c1-11(2,3)16-10(15)7-4-6(13)5-8(12)9(7)14/h4-5H,14H2,1-3H3. The maximum atomic E-state index is 13.1. The van der Waals surface area contributed by atoms with E-state index >= 15 is 0 Å². The molecular weight excluding hydrogens is 233 g/mol. The molecule has 3 nitrogen and oxygen atoms in total. The van der Waals surface area contributed by atoms with Gasteiger partial charge in [0.25, 0.3) is 0 Å². The van der Waals surface area contributed by atoms with Gasteiger partial charge in [0.2, 0.25) is 0 Å². The zero-order valence-corrected chi connectivity index (χ0v) is 10.1. The van der Waals surface area contributed by atoms with Gasteiger partial charge in [0, 0.05) is 0 Å². The summed E-state index contributed by atoms with van der Waals surface area (Å²) in [6, 6.07) is 2.06. The molecule has 0 aliphatic carbocycles. The molecule has 88 valence electrons. The van der Waals surface area contributed by atoms with Gasteiger partial charge in [0.15, 0.2) is 0 Å². The highest BCUT2D eigenvalue weighted by Gasteiger charge is 2.21. The van der Waals surface area contributed by atoms with Gasteiger partial charge in [-0.1, -0.05) is 11.6 Å². The number of hydrogen-bond donors (Lipinski definition) is 1. The first-order chi connectivity index (χ1) is 7.20. The molecule has 0 fully saturated rings. The van der Waals surface area contributed by atoms with E-state index in [0.29, 0.717) is 0 Å². The molecule has 0 heterocycles. The number of esters is 1. The van der Waals surface area contributed by atoms with Crippen molar-refractivity contribution in [2.75, 3.05) is 5.73 Å². The number of halogens is 2. The van der Waals surface area contributed by atoms with Crippen molar-refractivity contribution in [3.63, 3.8) is 0 Å². The fourth-order valence-corrected chi connectivity index (χ4v) is 1.29. The molecule has 0 saturated carbocycles. The SMILES string of the molecule is CC(C)(C)OC(=O)c1cc(F)cc(Cl)c1N. The van der Waals surface area contributed by atoms with Crippen LogP contribution in [0.5, 0.6) is 0 Å². The molecule has 1 aromatic carbocycles. The van der Waals surface area contributed by atoms with Crippen molar-refractivity contribution in [3.8, 4) is 0 Å². The van der Waals surface area contributed by atoms with Gasteiger partial charge in [0.1, 0.15) is 11.4 Å². The largest absolute Gasteiger partial charge is 0.456 e. The van der Waals surface area contributed by atoms with E-state index < -0.39 is 17.4 Å². The third kappa shape index (κ3) is 3.10. The van der Waals surface area contributed by atoms with Crippen molar-refractivity contribution in [1.29, 1.82) is 0 Å². The second-order valence-corrected chi connectivity index (χ2v) is 4.76. The Kier molecular flexibility index (Phi) is 3.43. The minimum absolute atomic E-state index is 0.000796. The minimum atomic E-state index is -0.689. The number of rotatable bonds is 1. The lowest BCUT2D eigenvalue weighted by atomic mass is 10.1. The average molecular weight is 246 g/mol. The molecule has 0 saturated heterocycles. The van der Waals surface area contributed by atoms with E-state index in [1.54, 1.807) is 20.8 Å². The van der Waals surface area contributed by atoms with Crippen molar-refractivity contribution in [3.05, 3.63) is 28.5 Å². The third-order valence-electron chi connectivity index (χ3n) is 1.71. The molecule has 2 N–H and O–H groups in total. The Hall–Kier alpha value is -1.29. The molecule has 0 spiro atoms. The van der Waals surface area contributed by atoms with E-state index in [2.05, 4.69) is 0 Å². The summed E-state index contributed by atoms with van der Waals surface area (Å²) in [6.07, 6.45) is 0. The Morgan fingerprint density at radius 1 is 1.44 bits per heavy atom. The molecule has 0 aliphatic heterocycles. The number of carbonyl (C=O) groups excluding carboxylic acids is 1. The maximum absolute atomic E-state index is 13.1. The van der Waals surface area contributed by atoms with Crippen molar-refractivity contribution < 1.29 is 13.9 Å². The summed E-state index contributed by atoms with van der Waals surface area (Å²) in [5, 5.41) is 0.000796. The summed E-state index contributed by atoms with van der Waals surface area (Å²) in [7, 11) is 0. The maximum Gasteiger partial charge on any atom is 0.340 e. The number of ether oxygens (including phenoxy) is 1. The second-order valence-electron chi connectivity index (χ2n) is 4.35. The van der Waals surface area contributed by atoms with Gasteiger partial charge < -0.3 is 10.5 Å². The van der Waals surface area contributed by atoms with Crippen LogP contribution in [0, 0.1) is 5.82 Å². The Morgan fingerprint density at radius 2 is 2.00 bits per heavy atom.